The lowest BCUT2D eigenvalue weighted by Gasteiger charge is -2.23. The predicted molar refractivity (Wildman–Crippen MR) is 94.6 cm³/mol. The van der Waals surface area contributed by atoms with E-state index in [1.54, 1.807) is 7.11 Å². The van der Waals surface area contributed by atoms with E-state index in [1.165, 1.54) is 0 Å². The molecule has 1 rings (SSSR count). The van der Waals surface area contributed by atoms with E-state index in [2.05, 4.69) is 5.32 Å². The molecule has 0 amide bonds. The van der Waals surface area contributed by atoms with Gasteiger partial charge in [0.2, 0.25) is 0 Å². The largest absolute Gasteiger partial charge is 0.493 e. The molecule has 1 aromatic rings. The van der Waals surface area contributed by atoms with E-state index >= 15 is 0 Å². The molecule has 0 aliphatic rings. The number of methoxy groups -OCH3 is 1. The van der Waals surface area contributed by atoms with Gasteiger partial charge < -0.3 is 25.6 Å². The highest BCUT2D eigenvalue weighted by Crippen LogP contribution is 2.28. The summed E-state index contributed by atoms with van der Waals surface area (Å²) < 4.78 is 10.9. The molecular formula is C15H28Cl2N2O3. The number of halogens is 2. The van der Waals surface area contributed by atoms with E-state index in [1.807, 2.05) is 39.0 Å². The number of β-amino-alcohol motifs (C(OH)–C–C–N with tert-alkyl or cyclic N) is 1. The van der Waals surface area contributed by atoms with Crippen LogP contribution in [0, 0.1) is 0 Å². The van der Waals surface area contributed by atoms with Crippen molar-refractivity contribution in [3.8, 4) is 11.5 Å². The minimum absolute atomic E-state index is 0. The van der Waals surface area contributed by atoms with Crippen LogP contribution in [0.2, 0.25) is 0 Å². The second-order valence-corrected chi connectivity index (χ2v) is 5.79. The average Bonchev–Trinajstić information content (AvgIpc) is 2.41. The van der Waals surface area contributed by atoms with Gasteiger partial charge in [-0.05, 0) is 38.5 Å². The van der Waals surface area contributed by atoms with Gasteiger partial charge in [-0.3, -0.25) is 0 Å². The number of benzene rings is 1. The minimum Gasteiger partial charge on any atom is -0.493 e. The van der Waals surface area contributed by atoms with Crippen molar-refractivity contribution >= 4 is 24.8 Å². The Bertz CT molecular complexity index is 426. The predicted octanol–water partition coefficient (Wildman–Crippen LogP) is 2.13. The van der Waals surface area contributed by atoms with Crippen LogP contribution in [0.4, 0.5) is 0 Å². The summed E-state index contributed by atoms with van der Waals surface area (Å²) in [6.45, 7) is 7.27. The van der Waals surface area contributed by atoms with E-state index in [0.29, 0.717) is 24.6 Å². The molecule has 1 aromatic carbocycles. The van der Waals surface area contributed by atoms with Crippen molar-refractivity contribution in [2.75, 3.05) is 20.3 Å². The van der Waals surface area contributed by atoms with Crippen LogP contribution in [-0.2, 0) is 6.54 Å². The van der Waals surface area contributed by atoms with Crippen LogP contribution in [0.15, 0.2) is 18.2 Å². The number of nitrogens with two attached hydrogens (primary N) is 1. The number of hydrogen-bond donors (Lipinski definition) is 3. The van der Waals surface area contributed by atoms with Crippen molar-refractivity contribution in [1.82, 2.24) is 5.32 Å². The molecule has 0 fully saturated rings. The van der Waals surface area contributed by atoms with Crippen molar-refractivity contribution in [3.05, 3.63) is 23.8 Å². The van der Waals surface area contributed by atoms with Gasteiger partial charge in [0.25, 0.3) is 0 Å². The number of aliphatic hydroxyl groups excluding tert-OH is 1. The van der Waals surface area contributed by atoms with Crippen molar-refractivity contribution in [2.45, 2.75) is 39.0 Å². The molecular weight excluding hydrogens is 327 g/mol. The van der Waals surface area contributed by atoms with Gasteiger partial charge in [-0.2, -0.15) is 0 Å². The molecule has 22 heavy (non-hydrogen) atoms. The fourth-order valence-corrected chi connectivity index (χ4v) is 1.63. The zero-order valence-electron chi connectivity index (χ0n) is 13.6. The number of aliphatic hydroxyl groups is 1. The zero-order chi connectivity index (χ0) is 15.2. The lowest BCUT2D eigenvalue weighted by Crippen LogP contribution is -2.42. The zero-order valence-corrected chi connectivity index (χ0v) is 15.2. The molecule has 7 heteroatoms. The van der Waals surface area contributed by atoms with Crippen LogP contribution in [-0.4, -0.2) is 37.0 Å². The Morgan fingerprint density at radius 2 is 1.86 bits per heavy atom. The number of hydrogen-bond acceptors (Lipinski definition) is 5. The third-order valence-electron chi connectivity index (χ3n) is 2.76. The summed E-state index contributed by atoms with van der Waals surface area (Å²) >= 11 is 0. The van der Waals surface area contributed by atoms with Gasteiger partial charge in [0.15, 0.2) is 11.5 Å². The molecule has 0 aliphatic carbocycles. The third-order valence-corrected chi connectivity index (χ3v) is 2.76. The summed E-state index contributed by atoms with van der Waals surface area (Å²) in [7, 11) is 1.59. The summed E-state index contributed by atoms with van der Waals surface area (Å²) in [5.74, 6) is 1.24. The van der Waals surface area contributed by atoms with Gasteiger partial charge in [-0.15, -0.1) is 24.8 Å². The quantitative estimate of drug-likeness (QED) is 0.699. The molecule has 0 aromatic heterocycles. The highest BCUT2D eigenvalue weighted by molar-refractivity contribution is 5.85. The Kier molecular flexibility index (Phi) is 11.7. The summed E-state index contributed by atoms with van der Waals surface area (Å²) in [5, 5.41) is 13.1. The van der Waals surface area contributed by atoms with Crippen LogP contribution in [0.5, 0.6) is 11.5 Å². The van der Waals surface area contributed by atoms with Crippen LogP contribution < -0.4 is 20.5 Å². The lowest BCUT2D eigenvalue weighted by molar-refractivity contribution is 0.0984. The molecule has 5 nitrogen and oxygen atoms in total. The Hall–Kier alpha value is -0.720. The standard InChI is InChI=1S/C15H26N2O3.2ClH/c1-15(2,3)17-9-12(18)10-20-14-7-11(8-16)5-6-13(14)19-4;;/h5-7,12,17-18H,8-10,16H2,1-4H3;2*1H. The maximum atomic E-state index is 9.91. The lowest BCUT2D eigenvalue weighted by atomic mass is 10.1. The number of nitrogens with one attached hydrogen (secondary N) is 1. The van der Waals surface area contributed by atoms with Gasteiger partial charge in [0.1, 0.15) is 12.7 Å². The van der Waals surface area contributed by atoms with Crippen LogP contribution in [0.1, 0.15) is 26.3 Å². The van der Waals surface area contributed by atoms with Gasteiger partial charge in [-0.1, -0.05) is 6.07 Å². The smallest absolute Gasteiger partial charge is 0.161 e. The van der Waals surface area contributed by atoms with E-state index in [0.717, 1.165) is 5.56 Å². The minimum atomic E-state index is -0.583. The highest BCUT2D eigenvalue weighted by atomic mass is 35.5. The van der Waals surface area contributed by atoms with Crippen molar-refractivity contribution in [3.63, 3.8) is 0 Å². The molecule has 0 saturated heterocycles. The van der Waals surface area contributed by atoms with Crippen molar-refractivity contribution in [1.29, 1.82) is 0 Å². The third kappa shape index (κ3) is 8.66. The maximum Gasteiger partial charge on any atom is 0.161 e. The fraction of sp³-hybridized carbons (Fsp3) is 0.600. The molecule has 0 radical (unpaired) electrons. The van der Waals surface area contributed by atoms with E-state index < -0.39 is 6.10 Å². The second kappa shape index (κ2) is 10.9. The molecule has 130 valence electrons. The van der Waals surface area contributed by atoms with Gasteiger partial charge in [0.05, 0.1) is 7.11 Å². The van der Waals surface area contributed by atoms with Crippen LogP contribution in [0.25, 0.3) is 0 Å². The van der Waals surface area contributed by atoms with Gasteiger partial charge in [0, 0.05) is 18.6 Å². The van der Waals surface area contributed by atoms with Gasteiger partial charge in [-0.25, -0.2) is 0 Å². The first-order valence-corrected chi connectivity index (χ1v) is 6.78. The molecule has 4 N–H and O–H groups in total. The first-order chi connectivity index (χ1) is 9.35. The summed E-state index contributed by atoms with van der Waals surface area (Å²) in [6.07, 6.45) is -0.583. The number of rotatable bonds is 7. The highest BCUT2D eigenvalue weighted by Gasteiger charge is 2.13. The normalized spacial score (nSPS) is 11.9. The SMILES string of the molecule is COc1ccc(CN)cc1OCC(O)CNC(C)(C)C.Cl.Cl. The number of ether oxygens (including phenoxy) is 2. The van der Waals surface area contributed by atoms with Gasteiger partial charge >= 0.3 is 0 Å². The van der Waals surface area contributed by atoms with Crippen molar-refractivity contribution < 1.29 is 14.6 Å². The Morgan fingerprint density at radius 3 is 2.36 bits per heavy atom. The Balaban J connectivity index is 0. The maximum absolute atomic E-state index is 9.91. The second-order valence-electron chi connectivity index (χ2n) is 5.79. The molecule has 0 spiro atoms. The van der Waals surface area contributed by atoms with E-state index in [4.69, 9.17) is 15.2 Å². The molecule has 1 unspecified atom stereocenters. The average molecular weight is 355 g/mol. The Morgan fingerprint density at radius 1 is 1.23 bits per heavy atom. The molecule has 0 heterocycles. The molecule has 0 aliphatic heterocycles. The summed E-state index contributed by atoms with van der Waals surface area (Å²) in [5.41, 5.74) is 6.54. The molecule has 0 saturated carbocycles. The summed E-state index contributed by atoms with van der Waals surface area (Å²) in [4.78, 5) is 0. The monoisotopic (exact) mass is 354 g/mol. The van der Waals surface area contributed by atoms with E-state index in [-0.39, 0.29) is 37.0 Å². The first kappa shape index (κ1) is 23.5. The fourth-order valence-electron chi connectivity index (χ4n) is 1.63. The first-order valence-electron chi connectivity index (χ1n) is 6.78. The topological polar surface area (TPSA) is 76.7 Å². The van der Waals surface area contributed by atoms with Crippen LogP contribution >= 0.6 is 24.8 Å². The van der Waals surface area contributed by atoms with E-state index in [9.17, 15) is 5.11 Å². The molecule has 1 atom stereocenters. The summed E-state index contributed by atoms with van der Waals surface area (Å²) in [6, 6.07) is 5.54. The Labute approximate surface area is 145 Å². The molecule has 0 bridgehead atoms. The van der Waals surface area contributed by atoms with Crippen LogP contribution in [0.3, 0.4) is 0 Å². The van der Waals surface area contributed by atoms with Crippen molar-refractivity contribution in [2.24, 2.45) is 5.73 Å².